The van der Waals surface area contributed by atoms with Gasteiger partial charge in [0.05, 0.1) is 33.0 Å². The van der Waals surface area contributed by atoms with Crippen molar-refractivity contribution in [1.82, 2.24) is 4.41 Å². The van der Waals surface area contributed by atoms with Gasteiger partial charge in [0.15, 0.2) is 0 Å². The first-order chi connectivity index (χ1) is 16.5. The zero-order valence-electron chi connectivity index (χ0n) is 18.2. The molecule has 35 heavy (non-hydrogen) atoms. The van der Waals surface area contributed by atoms with Gasteiger partial charge in [0, 0.05) is 18.1 Å². The fourth-order valence-corrected chi connectivity index (χ4v) is 5.83. The van der Waals surface area contributed by atoms with Crippen molar-refractivity contribution >= 4 is 37.1 Å². The van der Waals surface area contributed by atoms with E-state index in [1.165, 1.54) is 42.5 Å². The monoisotopic (exact) mass is 518 g/mol. The summed E-state index contributed by atoms with van der Waals surface area (Å²) in [7, 11) is -8.12. The SMILES string of the molecule is CS(=O)(=O)Nc1ccccc1C1=NN(S(=O)(=O)c2cccc(F)c2)C(c2ccccc2[N+](=O)[O-])C1. The molecule has 4 rings (SSSR count). The quantitative estimate of drug-likeness (QED) is 0.374. The summed E-state index contributed by atoms with van der Waals surface area (Å²) in [6.07, 6.45) is 0.874. The highest BCUT2D eigenvalue weighted by molar-refractivity contribution is 7.92. The molecule has 1 N–H and O–H groups in total. The van der Waals surface area contributed by atoms with Crippen molar-refractivity contribution in [3.8, 4) is 0 Å². The van der Waals surface area contributed by atoms with Gasteiger partial charge in [0.25, 0.3) is 15.7 Å². The second kappa shape index (κ2) is 9.07. The topological polar surface area (TPSA) is 139 Å². The van der Waals surface area contributed by atoms with Crippen LogP contribution in [0.25, 0.3) is 0 Å². The predicted octanol–water partition coefficient (Wildman–Crippen LogP) is 3.65. The van der Waals surface area contributed by atoms with Crippen molar-refractivity contribution in [3.63, 3.8) is 0 Å². The minimum atomic E-state index is -4.45. The fourth-order valence-electron chi connectivity index (χ4n) is 3.80. The first-order valence-corrected chi connectivity index (χ1v) is 13.5. The molecule has 1 atom stereocenters. The van der Waals surface area contributed by atoms with Gasteiger partial charge in [-0.1, -0.05) is 36.4 Å². The van der Waals surface area contributed by atoms with Gasteiger partial charge in [-0.3, -0.25) is 14.8 Å². The van der Waals surface area contributed by atoms with E-state index < -0.39 is 36.8 Å². The molecule has 10 nitrogen and oxygen atoms in total. The Labute approximate surface area is 201 Å². The second-order valence-electron chi connectivity index (χ2n) is 7.74. The lowest BCUT2D eigenvalue weighted by Gasteiger charge is -2.23. The van der Waals surface area contributed by atoms with Gasteiger partial charge >= 0.3 is 0 Å². The summed E-state index contributed by atoms with van der Waals surface area (Å²) in [5, 5.41) is 16.0. The lowest BCUT2D eigenvalue weighted by Crippen LogP contribution is -2.28. The average Bonchev–Trinajstić information content (AvgIpc) is 3.24. The van der Waals surface area contributed by atoms with Crippen LogP contribution in [-0.2, 0) is 20.0 Å². The van der Waals surface area contributed by atoms with Crippen LogP contribution >= 0.6 is 0 Å². The number of anilines is 1. The van der Waals surface area contributed by atoms with E-state index >= 15 is 0 Å². The number of hydrogen-bond acceptors (Lipinski definition) is 7. The van der Waals surface area contributed by atoms with E-state index in [0.29, 0.717) is 5.56 Å². The Morgan fingerprint density at radius 2 is 1.71 bits per heavy atom. The molecule has 0 radical (unpaired) electrons. The number of hydrazone groups is 1. The molecule has 0 bridgehead atoms. The number of benzene rings is 3. The highest BCUT2D eigenvalue weighted by atomic mass is 32.2. The summed E-state index contributed by atoms with van der Waals surface area (Å²) in [4.78, 5) is 10.7. The van der Waals surface area contributed by atoms with Gasteiger partial charge in [-0.2, -0.15) is 17.9 Å². The predicted molar refractivity (Wildman–Crippen MR) is 127 cm³/mol. The molecule has 0 aliphatic carbocycles. The molecule has 1 heterocycles. The average molecular weight is 519 g/mol. The normalized spacial score (nSPS) is 16.1. The molecule has 3 aromatic carbocycles. The molecule has 1 unspecified atom stereocenters. The zero-order chi connectivity index (χ0) is 25.4. The van der Waals surface area contributed by atoms with Crippen LogP contribution in [0.15, 0.2) is 82.8 Å². The summed E-state index contributed by atoms with van der Waals surface area (Å²) in [5.74, 6) is -0.778. The third-order valence-electron chi connectivity index (χ3n) is 5.24. The number of rotatable bonds is 7. The zero-order valence-corrected chi connectivity index (χ0v) is 19.8. The van der Waals surface area contributed by atoms with E-state index in [1.54, 1.807) is 18.2 Å². The third kappa shape index (κ3) is 5.00. The van der Waals surface area contributed by atoms with Crippen LogP contribution in [-0.4, -0.2) is 38.1 Å². The maximum atomic E-state index is 13.9. The highest BCUT2D eigenvalue weighted by Crippen LogP contribution is 2.41. The molecule has 0 spiro atoms. The molecule has 0 aromatic heterocycles. The lowest BCUT2D eigenvalue weighted by molar-refractivity contribution is -0.385. The standard InChI is InChI=1S/C22H19FN4O6S2/c1-34(30,31)25-19-11-4-2-9-17(19)20-14-22(18-10-3-5-12-21(18)27(28)29)26(24-20)35(32,33)16-8-6-7-15(23)13-16/h2-13,22,25H,14H2,1H3. The summed E-state index contributed by atoms with van der Waals surface area (Å²) < 4.78 is 67.7. The minimum Gasteiger partial charge on any atom is -0.283 e. The number of para-hydroxylation sites is 2. The molecule has 0 saturated heterocycles. The Morgan fingerprint density at radius 3 is 2.40 bits per heavy atom. The molecule has 3 aromatic rings. The van der Waals surface area contributed by atoms with Crippen LogP contribution in [0.4, 0.5) is 15.8 Å². The number of nitrogens with one attached hydrogen (secondary N) is 1. The lowest BCUT2D eigenvalue weighted by atomic mass is 9.97. The maximum Gasteiger partial charge on any atom is 0.279 e. The van der Waals surface area contributed by atoms with Crippen molar-refractivity contribution in [2.75, 3.05) is 11.0 Å². The van der Waals surface area contributed by atoms with Crippen molar-refractivity contribution in [1.29, 1.82) is 0 Å². The van der Waals surface area contributed by atoms with Crippen molar-refractivity contribution in [3.05, 3.63) is 99.9 Å². The van der Waals surface area contributed by atoms with Gasteiger partial charge in [0.1, 0.15) is 11.9 Å². The van der Waals surface area contributed by atoms with E-state index in [9.17, 15) is 31.3 Å². The third-order valence-corrected chi connectivity index (χ3v) is 7.51. The molecule has 0 fully saturated rings. The van der Waals surface area contributed by atoms with E-state index in [2.05, 4.69) is 9.82 Å². The maximum absolute atomic E-state index is 13.9. The van der Waals surface area contributed by atoms with E-state index in [0.717, 1.165) is 22.8 Å². The molecule has 1 aliphatic heterocycles. The molecular weight excluding hydrogens is 499 g/mol. The Morgan fingerprint density at radius 1 is 1.03 bits per heavy atom. The molecular formula is C22H19FN4O6S2. The van der Waals surface area contributed by atoms with Crippen molar-refractivity contribution in [2.24, 2.45) is 5.10 Å². The Balaban J connectivity index is 1.89. The highest BCUT2D eigenvalue weighted by Gasteiger charge is 2.41. The van der Waals surface area contributed by atoms with Crippen LogP contribution in [0.3, 0.4) is 0 Å². The molecule has 13 heteroatoms. The van der Waals surface area contributed by atoms with Crippen LogP contribution < -0.4 is 4.72 Å². The Bertz CT molecular complexity index is 1560. The summed E-state index contributed by atoms with van der Waals surface area (Å²) >= 11 is 0. The molecule has 1 aliphatic rings. The Hall–Kier alpha value is -3.84. The summed E-state index contributed by atoms with van der Waals surface area (Å²) in [5.41, 5.74) is 0.430. The fraction of sp³-hybridized carbons (Fsp3) is 0.136. The number of nitro groups is 1. The smallest absolute Gasteiger partial charge is 0.279 e. The van der Waals surface area contributed by atoms with E-state index in [4.69, 9.17) is 0 Å². The Kier molecular flexibility index (Phi) is 6.30. The first-order valence-electron chi connectivity index (χ1n) is 10.2. The number of sulfonamides is 2. The van der Waals surface area contributed by atoms with Gasteiger partial charge in [-0.25, -0.2) is 12.8 Å². The number of halogens is 1. The molecule has 0 amide bonds. The van der Waals surface area contributed by atoms with Crippen LogP contribution in [0.1, 0.15) is 23.6 Å². The number of nitro benzene ring substituents is 1. The van der Waals surface area contributed by atoms with E-state index in [1.807, 2.05) is 0 Å². The van der Waals surface area contributed by atoms with E-state index in [-0.39, 0.29) is 34.0 Å². The van der Waals surface area contributed by atoms with Gasteiger partial charge in [-0.15, -0.1) is 0 Å². The number of hydrogen-bond donors (Lipinski definition) is 1. The largest absolute Gasteiger partial charge is 0.283 e. The van der Waals surface area contributed by atoms with Crippen molar-refractivity contribution < 1.29 is 26.1 Å². The summed E-state index contributed by atoms with van der Waals surface area (Å²) in [6, 6.07) is 15.1. The van der Waals surface area contributed by atoms with Crippen molar-refractivity contribution in [2.45, 2.75) is 17.4 Å². The van der Waals surface area contributed by atoms with Gasteiger partial charge in [0.2, 0.25) is 10.0 Å². The molecule has 0 saturated carbocycles. The van der Waals surface area contributed by atoms with Gasteiger partial charge < -0.3 is 0 Å². The van der Waals surface area contributed by atoms with Crippen LogP contribution in [0.5, 0.6) is 0 Å². The summed E-state index contributed by atoms with van der Waals surface area (Å²) in [6.45, 7) is 0. The second-order valence-corrected chi connectivity index (χ2v) is 11.3. The van der Waals surface area contributed by atoms with Crippen LogP contribution in [0, 0.1) is 15.9 Å². The minimum absolute atomic E-state index is 0.0878. The first kappa shape index (κ1) is 24.3. The van der Waals surface area contributed by atoms with Gasteiger partial charge in [-0.05, 0) is 30.3 Å². The molecule has 182 valence electrons. The number of nitrogens with zero attached hydrogens (tertiary/aromatic N) is 3. The van der Waals surface area contributed by atoms with Crippen LogP contribution in [0.2, 0.25) is 0 Å².